The van der Waals surface area contributed by atoms with Gasteiger partial charge in [-0.25, -0.2) is 0 Å². The fourth-order valence-corrected chi connectivity index (χ4v) is 2.68. The first-order chi connectivity index (χ1) is 9.57. The summed E-state index contributed by atoms with van der Waals surface area (Å²) in [6.07, 6.45) is 2.93. The maximum Gasteiger partial charge on any atom is 0.224 e. The van der Waals surface area contributed by atoms with Gasteiger partial charge < -0.3 is 10.6 Å². The van der Waals surface area contributed by atoms with Crippen LogP contribution in [0.5, 0.6) is 0 Å². The van der Waals surface area contributed by atoms with Gasteiger partial charge in [0.1, 0.15) is 0 Å². The van der Waals surface area contributed by atoms with Gasteiger partial charge >= 0.3 is 0 Å². The van der Waals surface area contributed by atoms with E-state index in [1.54, 1.807) is 0 Å². The number of hydrogen-bond donors (Lipinski definition) is 1. The van der Waals surface area contributed by atoms with Crippen LogP contribution in [0.2, 0.25) is 0 Å². The molecule has 0 aliphatic rings. The van der Waals surface area contributed by atoms with E-state index in [0.29, 0.717) is 18.9 Å². The van der Waals surface area contributed by atoms with Gasteiger partial charge in [0.25, 0.3) is 0 Å². The molecule has 0 aromatic rings. The van der Waals surface area contributed by atoms with Gasteiger partial charge in [-0.3, -0.25) is 9.69 Å². The van der Waals surface area contributed by atoms with Crippen LogP contribution in [0.4, 0.5) is 0 Å². The Balaban J connectivity index is 4.64. The summed E-state index contributed by atoms with van der Waals surface area (Å²) in [4.78, 5) is 16.5. The average Bonchev–Trinajstić information content (AvgIpc) is 2.48. The molecular formula is C16H35N3O. The van der Waals surface area contributed by atoms with Crippen LogP contribution in [0.25, 0.3) is 0 Å². The second-order valence-corrected chi connectivity index (χ2v) is 5.43. The molecule has 0 saturated carbocycles. The summed E-state index contributed by atoms with van der Waals surface area (Å²) < 4.78 is 0. The largest absolute Gasteiger partial charge is 0.343 e. The molecule has 0 spiro atoms. The van der Waals surface area contributed by atoms with Crippen LogP contribution in [0.3, 0.4) is 0 Å². The maximum atomic E-state index is 12.3. The predicted molar refractivity (Wildman–Crippen MR) is 86.7 cm³/mol. The molecule has 0 radical (unpaired) electrons. The lowest BCUT2D eigenvalue weighted by Gasteiger charge is -2.33. The van der Waals surface area contributed by atoms with Crippen molar-refractivity contribution in [1.29, 1.82) is 0 Å². The van der Waals surface area contributed by atoms with Crippen LogP contribution >= 0.6 is 0 Å². The van der Waals surface area contributed by atoms with Crippen molar-refractivity contribution in [2.45, 2.75) is 59.9 Å². The smallest absolute Gasteiger partial charge is 0.224 e. The molecule has 120 valence electrons. The fraction of sp³-hybridized carbons (Fsp3) is 0.938. The molecule has 2 N–H and O–H groups in total. The summed E-state index contributed by atoms with van der Waals surface area (Å²) >= 11 is 0. The minimum Gasteiger partial charge on any atom is -0.343 e. The molecule has 0 fully saturated rings. The Morgan fingerprint density at radius 2 is 1.55 bits per heavy atom. The SMILES string of the molecule is CCC(CC)CN(CC)C(CN)CC(=O)N(CC)CC. The molecule has 1 atom stereocenters. The second kappa shape index (κ2) is 11.1. The molecule has 0 bridgehead atoms. The highest BCUT2D eigenvalue weighted by atomic mass is 16.2. The van der Waals surface area contributed by atoms with Crippen LogP contribution in [0.15, 0.2) is 0 Å². The van der Waals surface area contributed by atoms with Crippen molar-refractivity contribution in [3.8, 4) is 0 Å². The summed E-state index contributed by atoms with van der Waals surface area (Å²) in [5, 5.41) is 0. The zero-order chi connectivity index (χ0) is 15.5. The van der Waals surface area contributed by atoms with Gasteiger partial charge in [0, 0.05) is 38.6 Å². The van der Waals surface area contributed by atoms with Crippen molar-refractivity contribution in [2.24, 2.45) is 11.7 Å². The zero-order valence-corrected chi connectivity index (χ0v) is 14.2. The number of hydrogen-bond acceptors (Lipinski definition) is 3. The molecule has 0 heterocycles. The van der Waals surface area contributed by atoms with Crippen LogP contribution < -0.4 is 5.73 Å². The van der Waals surface area contributed by atoms with Crippen LogP contribution in [0.1, 0.15) is 53.9 Å². The first kappa shape index (κ1) is 19.4. The van der Waals surface area contributed by atoms with Gasteiger partial charge in [0.05, 0.1) is 0 Å². The normalized spacial score (nSPS) is 13.0. The Bertz CT molecular complexity index is 250. The van der Waals surface area contributed by atoms with E-state index in [1.165, 1.54) is 12.8 Å². The molecule has 0 saturated heterocycles. The van der Waals surface area contributed by atoms with Crippen molar-refractivity contribution >= 4 is 5.91 Å². The lowest BCUT2D eigenvalue weighted by molar-refractivity contribution is -0.132. The molecule has 20 heavy (non-hydrogen) atoms. The molecule has 0 aliphatic heterocycles. The lowest BCUT2D eigenvalue weighted by atomic mass is 10.0. The van der Waals surface area contributed by atoms with Gasteiger partial charge in [0.15, 0.2) is 0 Å². The number of rotatable bonds is 11. The highest BCUT2D eigenvalue weighted by Gasteiger charge is 2.23. The molecule has 1 amide bonds. The first-order valence-electron chi connectivity index (χ1n) is 8.29. The third-order valence-electron chi connectivity index (χ3n) is 4.37. The van der Waals surface area contributed by atoms with Gasteiger partial charge in [-0.05, 0) is 26.3 Å². The number of nitrogens with zero attached hydrogens (tertiary/aromatic N) is 2. The Morgan fingerprint density at radius 1 is 1.00 bits per heavy atom. The van der Waals surface area contributed by atoms with Crippen molar-refractivity contribution in [1.82, 2.24) is 9.80 Å². The van der Waals surface area contributed by atoms with Gasteiger partial charge in [-0.15, -0.1) is 0 Å². The van der Waals surface area contributed by atoms with Gasteiger partial charge in [-0.1, -0.05) is 33.6 Å². The van der Waals surface area contributed by atoms with E-state index in [-0.39, 0.29) is 11.9 Å². The third-order valence-corrected chi connectivity index (χ3v) is 4.37. The fourth-order valence-electron chi connectivity index (χ4n) is 2.68. The Labute approximate surface area is 125 Å². The van der Waals surface area contributed by atoms with Crippen molar-refractivity contribution in [3.05, 3.63) is 0 Å². The molecule has 0 aromatic heterocycles. The molecule has 1 unspecified atom stereocenters. The van der Waals surface area contributed by atoms with Crippen molar-refractivity contribution in [3.63, 3.8) is 0 Å². The van der Waals surface area contributed by atoms with Gasteiger partial charge in [-0.2, -0.15) is 0 Å². The average molecular weight is 285 g/mol. The highest BCUT2D eigenvalue weighted by Crippen LogP contribution is 2.14. The summed E-state index contributed by atoms with van der Waals surface area (Å²) in [6.45, 7) is 14.8. The minimum atomic E-state index is 0.175. The maximum absolute atomic E-state index is 12.3. The van der Waals surface area contributed by atoms with Crippen LogP contribution in [-0.2, 0) is 4.79 Å². The monoisotopic (exact) mass is 285 g/mol. The molecular weight excluding hydrogens is 250 g/mol. The number of nitrogens with two attached hydrogens (primary N) is 1. The van der Waals surface area contributed by atoms with E-state index in [9.17, 15) is 4.79 Å². The molecule has 0 aliphatic carbocycles. The van der Waals surface area contributed by atoms with E-state index in [4.69, 9.17) is 5.73 Å². The summed E-state index contributed by atoms with van der Waals surface area (Å²) in [5.41, 5.74) is 5.93. The van der Waals surface area contributed by atoms with Crippen LogP contribution in [0, 0.1) is 5.92 Å². The molecule has 4 nitrogen and oxygen atoms in total. The molecule has 4 heteroatoms. The van der Waals surface area contributed by atoms with Crippen molar-refractivity contribution in [2.75, 3.05) is 32.7 Å². The Hall–Kier alpha value is -0.610. The van der Waals surface area contributed by atoms with E-state index in [2.05, 4.69) is 25.7 Å². The quantitative estimate of drug-likeness (QED) is 0.634. The zero-order valence-electron chi connectivity index (χ0n) is 14.2. The number of carbonyl (C=O) groups is 1. The third kappa shape index (κ3) is 6.23. The minimum absolute atomic E-state index is 0.175. The van der Waals surface area contributed by atoms with E-state index in [1.807, 2.05) is 18.7 Å². The molecule has 0 aromatic carbocycles. The summed E-state index contributed by atoms with van der Waals surface area (Å²) in [5.74, 6) is 0.931. The number of amides is 1. The topological polar surface area (TPSA) is 49.6 Å². The Kier molecular flexibility index (Phi) is 10.8. The Morgan fingerprint density at radius 3 is 1.90 bits per heavy atom. The number of likely N-dealkylation sites (N-methyl/N-ethyl adjacent to an activating group) is 1. The van der Waals surface area contributed by atoms with E-state index < -0.39 is 0 Å². The lowest BCUT2D eigenvalue weighted by Crippen LogP contribution is -2.46. The highest BCUT2D eigenvalue weighted by molar-refractivity contribution is 5.76. The van der Waals surface area contributed by atoms with E-state index in [0.717, 1.165) is 26.2 Å². The van der Waals surface area contributed by atoms with Gasteiger partial charge in [0.2, 0.25) is 5.91 Å². The molecule has 0 rings (SSSR count). The van der Waals surface area contributed by atoms with Crippen LogP contribution in [-0.4, -0.2) is 54.5 Å². The predicted octanol–water partition coefficient (Wildman–Crippen LogP) is 2.33. The summed E-state index contributed by atoms with van der Waals surface area (Å²) in [7, 11) is 0. The summed E-state index contributed by atoms with van der Waals surface area (Å²) in [6, 6.07) is 0.175. The number of carbonyl (C=O) groups excluding carboxylic acids is 1. The second-order valence-electron chi connectivity index (χ2n) is 5.43. The van der Waals surface area contributed by atoms with E-state index >= 15 is 0 Å². The standard InChI is InChI=1S/C16H35N3O/c1-6-14(7-2)13-19(10-5)15(12-17)11-16(20)18(8-3)9-4/h14-15H,6-13,17H2,1-5H3. The van der Waals surface area contributed by atoms with Crippen molar-refractivity contribution < 1.29 is 4.79 Å². The first-order valence-corrected chi connectivity index (χ1v) is 8.29.